The Morgan fingerprint density at radius 2 is 1.95 bits per heavy atom. The van der Waals surface area contributed by atoms with Crippen molar-refractivity contribution >= 4 is 21.6 Å². The second kappa shape index (κ2) is 6.18. The summed E-state index contributed by atoms with van der Waals surface area (Å²) < 4.78 is 1.02. The fraction of sp³-hybridized carbons (Fsp3) is 0.588. The molecule has 0 heterocycles. The first kappa shape index (κ1) is 15.4. The van der Waals surface area contributed by atoms with Gasteiger partial charge in [-0.1, -0.05) is 49.5 Å². The molecule has 1 aromatic carbocycles. The van der Waals surface area contributed by atoms with Gasteiger partial charge in [-0.25, -0.2) is 0 Å². The summed E-state index contributed by atoms with van der Waals surface area (Å²) in [6.45, 7) is 6.97. The molecule has 1 aliphatic carbocycles. The van der Waals surface area contributed by atoms with Crippen molar-refractivity contribution in [3.63, 3.8) is 0 Å². The van der Waals surface area contributed by atoms with Gasteiger partial charge < -0.3 is 5.32 Å². The molecule has 1 aliphatic rings. The number of anilines is 1. The highest BCUT2D eigenvalue weighted by Gasteiger charge is 2.34. The van der Waals surface area contributed by atoms with E-state index in [-0.39, 0.29) is 0 Å². The first-order valence-electron chi connectivity index (χ1n) is 7.38. The molecule has 0 aliphatic heterocycles. The molecule has 2 rings (SSSR count). The fourth-order valence-electron chi connectivity index (χ4n) is 3.27. The van der Waals surface area contributed by atoms with Crippen LogP contribution in [0.15, 0.2) is 22.7 Å². The molecule has 20 heavy (non-hydrogen) atoms. The van der Waals surface area contributed by atoms with Gasteiger partial charge in [0.15, 0.2) is 0 Å². The SMILES string of the molecule is CC(C)(C)C1CCCCC1Nc1cc(Br)ccc1C#N. The summed E-state index contributed by atoms with van der Waals surface area (Å²) in [5.41, 5.74) is 1.99. The van der Waals surface area contributed by atoms with Crippen LogP contribution in [-0.4, -0.2) is 6.04 Å². The minimum Gasteiger partial charge on any atom is -0.381 e. The van der Waals surface area contributed by atoms with E-state index >= 15 is 0 Å². The van der Waals surface area contributed by atoms with Gasteiger partial charge in [0.1, 0.15) is 6.07 Å². The van der Waals surface area contributed by atoms with E-state index in [4.69, 9.17) is 0 Å². The molecule has 0 bridgehead atoms. The largest absolute Gasteiger partial charge is 0.381 e. The van der Waals surface area contributed by atoms with Gasteiger partial charge in [-0.2, -0.15) is 5.26 Å². The zero-order chi connectivity index (χ0) is 14.8. The lowest BCUT2D eigenvalue weighted by atomic mass is 9.69. The molecule has 0 amide bonds. The molecule has 1 fully saturated rings. The molecule has 3 heteroatoms. The van der Waals surface area contributed by atoms with Crippen LogP contribution in [0.4, 0.5) is 5.69 Å². The fourth-order valence-corrected chi connectivity index (χ4v) is 3.63. The average Bonchev–Trinajstić information content (AvgIpc) is 2.38. The normalized spacial score (nSPS) is 23.1. The van der Waals surface area contributed by atoms with Crippen molar-refractivity contribution in [2.45, 2.75) is 52.5 Å². The van der Waals surface area contributed by atoms with Crippen LogP contribution in [0.2, 0.25) is 0 Å². The molecule has 108 valence electrons. The summed E-state index contributed by atoms with van der Waals surface area (Å²) >= 11 is 3.50. The van der Waals surface area contributed by atoms with E-state index in [1.54, 1.807) is 0 Å². The van der Waals surface area contributed by atoms with E-state index < -0.39 is 0 Å². The van der Waals surface area contributed by atoms with E-state index in [9.17, 15) is 5.26 Å². The van der Waals surface area contributed by atoms with Crippen molar-refractivity contribution in [1.29, 1.82) is 5.26 Å². The van der Waals surface area contributed by atoms with Crippen molar-refractivity contribution in [2.24, 2.45) is 11.3 Å². The van der Waals surface area contributed by atoms with Gasteiger partial charge in [0, 0.05) is 10.5 Å². The molecule has 1 aromatic rings. The summed E-state index contributed by atoms with van der Waals surface area (Å²) in [7, 11) is 0. The minimum absolute atomic E-state index is 0.302. The van der Waals surface area contributed by atoms with Gasteiger partial charge in [-0.05, 0) is 42.4 Å². The lowest BCUT2D eigenvalue weighted by Gasteiger charge is -2.41. The lowest BCUT2D eigenvalue weighted by molar-refractivity contribution is 0.163. The maximum atomic E-state index is 9.26. The highest BCUT2D eigenvalue weighted by Crippen LogP contribution is 2.39. The predicted molar refractivity (Wildman–Crippen MR) is 87.7 cm³/mol. The Morgan fingerprint density at radius 3 is 2.60 bits per heavy atom. The van der Waals surface area contributed by atoms with Crippen LogP contribution in [0.5, 0.6) is 0 Å². The molecule has 2 atom stereocenters. The average molecular weight is 335 g/mol. The summed E-state index contributed by atoms with van der Waals surface area (Å²) in [6, 6.07) is 8.57. The molecule has 0 aromatic heterocycles. The van der Waals surface area contributed by atoms with Gasteiger partial charge >= 0.3 is 0 Å². The zero-order valence-corrected chi connectivity index (χ0v) is 14.1. The Hall–Kier alpha value is -1.01. The van der Waals surface area contributed by atoms with Gasteiger partial charge in [-0.15, -0.1) is 0 Å². The number of hydrogen-bond donors (Lipinski definition) is 1. The Balaban J connectivity index is 2.23. The quantitative estimate of drug-likeness (QED) is 0.792. The van der Waals surface area contributed by atoms with Crippen LogP contribution in [-0.2, 0) is 0 Å². The number of nitriles is 1. The van der Waals surface area contributed by atoms with Crippen LogP contribution in [0, 0.1) is 22.7 Å². The maximum Gasteiger partial charge on any atom is 0.101 e. The predicted octanol–water partition coefficient (Wildman–Crippen LogP) is 5.34. The molecular formula is C17H23BrN2. The van der Waals surface area contributed by atoms with Crippen LogP contribution in [0.1, 0.15) is 52.0 Å². The van der Waals surface area contributed by atoms with E-state index in [1.165, 1.54) is 25.7 Å². The number of benzene rings is 1. The topological polar surface area (TPSA) is 35.8 Å². The maximum absolute atomic E-state index is 9.26. The number of halogens is 1. The van der Waals surface area contributed by atoms with Gasteiger partial charge in [-0.3, -0.25) is 0 Å². The molecule has 0 radical (unpaired) electrons. The number of nitrogens with zero attached hydrogens (tertiary/aromatic N) is 1. The summed E-state index contributed by atoms with van der Waals surface area (Å²) in [4.78, 5) is 0. The van der Waals surface area contributed by atoms with Crippen LogP contribution < -0.4 is 5.32 Å². The standard InChI is InChI=1S/C17H23BrN2/c1-17(2,3)14-6-4-5-7-15(14)20-16-10-13(18)9-8-12(16)11-19/h8-10,14-15,20H,4-7H2,1-3H3. The first-order chi connectivity index (χ1) is 9.41. The second-order valence-corrected chi connectivity index (χ2v) is 7.73. The summed E-state index contributed by atoms with van der Waals surface area (Å²) in [5, 5.41) is 12.9. The Labute approximate surface area is 130 Å². The van der Waals surface area contributed by atoms with E-state index in [2.05, 4.69) is 48.1 Å². The molecule has 1 saturated carbocycles. The highest BCUT2D eigenvalue weighted by atomic mass is 79.9. The van der Waals surface area contributed by atoms with E-state index in [0.717, 1.165) is 15.7 Å². The van der Waals surface area contributed by atoms with Gasteiger partial charge in [0.25, 0.3) is 0 Å². The molecule has 2 nitrogen and oxygen atoms in total. The van der Waals surface area contributed by atoms with Crippen molar-refractivity contribution in [1.82, 2.24) is 0 Å². The van der Waals surface area contributed by atoms with E-state index in [1.807, 2.05) is 18.2 Å². The van der Waals surface area contributed by atoms with Crippen LogP contribution >= 0.6 is 15.9 Å². The van der Waals surface area contributed by atoms with Crippen molar-refractivity contribution < 1.29 is 0 Å². The van der Waals surface area contributed by atoms with Crippen molar-refractivity contribution in [2.75, 3.05) is 5.32 Å². The Bertz CT molecular complexity index is 511. The molecule has 2 unspecified atom stereocenters. The lowest BCUT2D eigenvalue weighted by Crippen LogP contribution is -2.39. The third-order valence-electron chi connectivity index (χ3n) is 4.32. The summed E-state index contributed by atoms with van der Waals surface area (Å²) in [6.07, 6.45) is 5.07. The smallest absolute Gasteiger partial charge is 0.101 e. The number of hydrogen-bond acceptors (Lipinski definition) is 2. The van der Waals surface area contributed by atoms with Gasteiger partial charge in [0.05, 0.1) is 11.3 Å². The van der Waals surface area contributed by atoms with E-state index in [0.29, 0.717) is 17.4 Å². The summed E-state index contributed by atoms with van der Waals surface area (Å²) in [5.74, 6) is 0.654. The van der Waals surface area contributed by atoms with Crippen molar-refractivity contribution in [3.05, 3.63) is 28.2 Å². The third-order valence-corrected chi connectivity index (χ3v) is 4.81. The van der Waals surface area contributed by atoms with Crippen LogP contribution in [0.25, 0.3) is 0 Å². The number of rotatable bonds is 2. The molecule has 0 saturated heterocycles. The monoisotopic (exact) mass is 334 g/mol. The Kier molecular flexibility index (Phi) is 4.75. The third kappa shape index (κ3) is 3.55. The first-order valence-corrected chi connectivity index (χ1v) is 8.17. The second-order valence-electron chi connectivity index (χ2n) is 6.81. The molecular weight excluding hydrogens is 312 g/mol. The minimum atomic E-state index is 0.302. The van der Waals surface area contributed by atoms with Gasteiger partial charge in [0.2, 0.25) is 0 Å². The highest BCUT2D eigenvalue weighted by molar-refractivity contribution is 9.10. The van der Waals surface area contributed by atoms with Crippen molar-refractivity contribution in [3.8, 4) is 6.07 Å². The molecule has 1 N–H and O–H groups in total. The zero-order valence-electron chi connectivity index (χ0n) is 12.5. The Morgan fingerprint density at radius 1 is 1.25 bits per heavy atom. The number of nitrogens with one attached hydrogen (secondary N) is 1. The van der Waals surface area contributed by atoms with Crippen LogP contribution in [0.3, 0.4) is 0 Å². The molecule has 0 spiro atoms.